The Morgan fingerprint density at radius 3 is 2.46 bits per heavy atom. The van der Waals surface area contributed by atoms with Crippen molar-refractivity contribution in [1.29, 1.82) is 0 Å². The number of aryl methyl sites for hydroxylation is 1. The predicted molar refractivity (Wildman–Crippen MR) is 93.7 cm³/mol. The number of benzene rings is 1. The van der Waals surface area contributed by atoms with Gasteiger partial charge >= 0.3 is 6.18 Å². The van der Waals surface area contributed by atoms with Crippen molar-refractivity contribution in [1.82, 2.24) is 15.2 Å². The molecule has 1 aromatic heterocycles. The highest BCUT2D eigenvalue weighted by Crippen LogP contribution is 2.28. The van der Waals surface area contributed by atoms with Gasteiger partial charge in [0.2, 0.25) is 0 Å². The molecule has 0 saturated heterocycles. The lowest BCUT2D eigenvalue weighted by Crippen LogP contribution is -2.29. The Morgan fingerprint density at radius 2 is 1.85 bits per heavy atom. The van der Waals surface area contributed by atoms with Crippen LogP contribution in [0.3, 0.4) is 0 Å². The molecular formula is C19H22F3N3O. The summed E-state index contributed by atoms with van der Waals surface area (Å²) in [6.07, 6.45) is -3.77. The molecule has 1 amide bonds. The van der Waals surface area contributed by atoms with Gasteiger partial charge in [0.05, 0.1) is 11.3 Å². The molecule has 2 rings (SSSR count). The lowest BCUT2D eigenvalue weighted by Gasteiger charge is -2.17. The average Bonchev–Trinajstić information content (AvgIpc) is 2.58. The number of carbonyl (C=O) groups excluding carboxylic acids is 1. The van der Waals surface area contributed by atoms with E-state index in [1.54, 1.807) is 0 Å². The van der Waals surface area contributed by atoms with Gasteiger partial charge in [0, 0.05) is 13.1 Å². The Balaban J connectivity index is 1.78. The number of alkyl halides is 3. The lowest BCUT2D eigenvalue weighted by molar-refractivity contribution is -0.141. The maximum Gasteiger partial charge on any atom is 0.433 e. The van der Waals surface area contributed by atoms with Crippen molar-refractivity contribution >= 4 is 5.91 Å². The average molecular weight is 365 g/mol. The predicted octanol–water partition coefficient (Wildman–Crippen LogP) is 3.66. The molecular weight excluding hydrogens is 343 g/mol. The quantitative estimate of drug-likeness (QED) is 0.762. The topological polar surface area (TPSA) is 45.2 Å². The maximum atomic E-state index is 12.6. The summed E-state index contributed by atoms with van der Waals surface area (Å²) in [7, 11) is 2.00. The second-order valence-corrected chi connectivity index (χ2v) is 6.16. The molecule has 26 heavy (non-hydrogen) atoms. The van der Waals surface area contributed by atoms with E-state index < -0.39 is 17.8 Å². The molecule has 0 bridgehead atoms. The highest BCUT2D eigenvalue weighted by Gasteiger charge is 2.33. The van der Waals surface area contributed by atoms with Gasteiger partial charge in [-0.05, 0) is 44.6 Å². The number of amides is 1. The van der Waals surface area contributed by atoms with Crippen LogP contribution in [-0.2, 0) is 12.7 Å². The van der Waals surface area contributed by atoms with Crippen molar-refractivity contribution in [3.05, 3.63) is 65.0 Å². The number of aromatic nitrogens is 1. The van der Waals surface area contributed by atoms with Crippen molar-refractivity contribution < 1.29 is 18.0 Å². The van der Waals surface area contributed by atoms with E-state index in [0.717, 1.165) is 25.6 Å². The molecule has 0 spiro atoms. The van der Waals surface area contributed by atoms with E-state index in [4.69, 9.17) is 0 Å². The van der Waals surface area contributed by atoms with Crippen LogP contribution in [-0.4, -0.2) is 35.9 Å². The summed E-state index contributed by atoms with van der Waals surface area (Å²) < 4.78 is 37.8. The molecule has 0 saturated carbocycles. The zero-order valence-electron chi connectivity index (χ0n) is 14.8. The molecule has 0 aliphatic heterocycles. The normalized spacial score (nSPS) is 11.6. The maximum absolute atomic E-state index is 12.6. The largest absolute Gasteiger partial charge is 0.433 e. The fourth-order valence-electron chi connectivity index (χ4n) is 2.58. The molecule has 0 aliphatic carbocycles. The SMILES string of the molecule is Cc1nc(C(F)(F)F)ccc1C(=O)NCCCN(C)Cc1ccccc1. The van der Waals surface area contributed by atoms with Gasteiger partial charge in [-0.2, -0.15) is 13.2 Å². The van der Waals surface area contributed by atoms with Crippen LogP contribution in [0.1, 0.15) is 33.7 Å². The number of hydrogen-bond acceptors (Lipinski definition) is 3. The second kappa shape index (κ2) is 8.80. The summed E-state index contributed by atoms with van der Waals surface area (Å²) in [6, 6.07) is 12.1. The first-order valence-electron chi connectivity index (χ1n) is 8.33. The summed E-state index contributed by atoms with van der Waals surface area (Å²) in [5, 5.41) is 2.73. The third-order valence-electron chi connectivity index (χ3n) is 3.92. The van der Waals surface area contributed by atoms with Crippen molar-refractivity contribution in [2.75, 3.05) is 20.1 Å². The highest BCUT2D eigenvalue weighted by atomic mass is 19.4. The highest BCUT2D eigenvalue weighted by molar-refractivity contribution is 5.95. The van der Waals surface area contributed by atoms with Crippen molar-refractivity contribution in [3.63, 3.8) is 0 Å². The van der Waals surface area contributed by atoms with E-state index in [1.165, 1.54) is 18.6 Å². The standard InChI is InChI=1S/C19H22F3N3O/c1-14-16(9-10-17(24-14)19(20,21)22)18(26)23-11-6-12-25(2)13-15-7-4-3-5-8-15/h3-5,7-10H,6,11-13H2,1-2H3,(H,23,26). The Labute approximate surface area is 151 Å². The van der Waals surface area contributed by atoms with Crippen LogP contribution in [0.25, 0.3) is 0 Å². The molecule has 0 fully saturated rings. The van der Waals surface area contributed by atoms with Crippen molar-refractivity contribution in [2.24, 2.45) is 0 Å². The first-order valence-corrected chi connectivity index (χ1v) is 8.33. The zero-order chi connectivity index (χ0) is 19.2. The van der Waals surface area contributed by atoms with Crippen molar-refractivity contribution in [2.45, 2.75) is 26.1 Å². The minimum absolute atomic E-state index is 0.0681. The van der Waals surface area contributed by atoms with Gasteiger partial charge in [-0.15, -0.1) is 0 Å². The molecule has 140 valence electrons. The van der Waals surface area contributed by atoms with E-state index in [2.05, 4.69) is 27.3 Å². The first-order chi connectivity index (χ1) is 12.3. The Bertz CT molecular complexity index is 733. The second-order valence-electron chi connectivity index (χ2n) is 6.16. The van der Waals surface area contributed by atoms with E-state index in [-0.39, 0.29) is 11.3 Å². The third-order valence-corrected chi connectivity index (χ3v) is 3.92. The number of pyridine rings is 1. The van der Waals surface area contributed by atoms with Gasteiger partial charge < -0.3 is 10.2 Å². The number of rotatable bonds is 7. The van der Waals surface area contributed by atoms with Crippen LogP contribution in [0.2, 0.25) is 0 Å². The number of nitrogens with zero attached hydrogens (tertiary/aromatic N) is 2. The van der Waals surface area contributed by atoms with Gasteiger partial charge in [0.15, 0.2) is 0 Å². The fraction of sp³-hybridized carbons (Fsp3) is 0.368. The number of nitrogens with one attached hydrogen (secondary N) is 1. The number of carbonyl (C=O) groups is 1. The summed E-state index contributed by atoms with van der Waals surface area (Å²) in [4.78, 5) is 17.7. The van der Waals surface area contributed by atoms with Gasteiger partial charge in [-0.1, -0.05) is 30.3 Å². The van der Waals surface area contributed by atoms with Crippen LogP contribution < -0.4 is 5.32 Å². The molecule has 7 heteroatoms. The summed E-state index contributed by atoms with van der Waals surface area (Å²) in [5.74, 6) is -0.408. The smallest absolute Gasteiger partial charge is 0.352 e. The Morgan fingerprint density at radius 1 is 1.15 bits per heavy atom. The van der Waals surface area contributed by atoms with Gasteiger partial charge in [-0.3, -0.25) is 4.79 Å². The molecule has 1 aromatic carbocycles. The molecule has 0 radical (unpaired) electrons. The lowest BCUT2D eigenvalue weighted by atomic mass is 10.1. The van der Waals surface area contributed by atoms with Crippen LogP contribution in [0, 0.1) is 6.92 Å². The molecule has 1 heterocycles. The Hall–Kier alpha value is -2.41. The van der Waals surface area contributed by atoms with E-state index in [0.29, 0.717) is 6.54 Å². The van der Waals surface area contributed by atoms with E-state index in [1.807, 2.05) is 25.2 Å². The fourth-order valence-corrected chi connectivity index (χ4v) is 2.58. The summed E-state index contributed by atoms with van der Waals surface area (Å²) in [6.45, 7) is 3.45. The van der Waals surface area contributed by atoms with Crippen LogP contribution in [0.5, 0.6) is 0 Å². The first kappa shape index (κ1) is 19.9. The molecule has 2 aromatic rings. The van der Waals surface area contributed by atoms with E-state index in [9.17, 15) is 18.0 Å². The van der Waals surface area contributed by atoms with Crippen LogP contribution >= 0.6 is 0 Å². The minimum atomic E-state index is -4.51. The molecule has 0 aliphatic rings. The molecule has 0 unspecified atom stereocenters. The van der Waals surface area contributed by atoms with Gasteiger partial charge in [0.1, 0.15) is 5.69 Å². The Kier molecular flexibility index (Phi) is 6.74. The monoisotopic (exact) mass is 365 g/mol. The number of hydrogen-bond donors (Lipinski definition) is 1. The van der Waals surface area contributed by atoms with Crippen LogP contribution in [0.4, 0.5) is 13.2 Å². The van der Waals surface area contributed by atoms with E-state index >= 15 is 0 Å². The zero-order valence-corrected chi connectivity index (χ0v) is 14.8. The van der Waals surface area contributed by atoms with Crippen LogP contribution in [0.15, 0.2) is 42.5 Å². The van der Waals surface area contributed by atoms with Crippen molar-refractivity contribution in [3.8, 4) is 0 Å². The van der Waals surface area contributed by atoms with Gasteiger partial charge in [-0.25, -0.2) is 4.98 Å². The molecule has 0 atom stereocenters. The molecule has 4 nitrogen and oxygen atoms in total. The third kappa shape index (κ3) is 5.84. The minimum Gasteiger partial charge on any atom is -0.352 e. The number of halogens is 3. The molecule has 1 N–H and O–H groups in total. The summed E-state index contributed by atoms with van der Waals surface area (Å²) >= 11 is 0. The summed E-state index contributed by atoms with van der Waals surface area (Å²) in [5.41, 5.74) is 0.453. The van der Waals surface area contributed by atoms with Gasteiger partial charge in [0.25, 0.3) is 5.91 Å².